The molecular formula is C19H24N4O2S. The maximum atomic E-state index is 12.8. The molecule has 0 radical (unpaired) electrons. The van der Waals surface area contributed by atoms with Gasteiger partial charge in [0.05, 0.1) is 12.5 Å². The number of carbonyl (C=O) groups excluding carboxylic acids is 2. The Bertz CT molecular complexity index is 720. The monoisotopic (exact) mass is 372 g/mol. The number of hydrogen-bond donors (Lipinski definition) is 1. The largest absolute Gasteiger partial charge is 0.353 e. The van der Waals surface area contributed by atoms with Gasteiger partial charge >= 0.3 is 0 Å². The van der Waals surface area contributed by atoms with Gasteiger partial charge in [-0.2, -0.15) is 0 Å². The van der Waals surface area contributed by atoms with Gasteiger partial charge in [0, 0.05) is 50.0 Å². The molecule has 7 heteroatoms. The summed E-state index contributed by atoms with van der Waals surface area (Å²) in [6, 6.07) is 7.48. The molecule has 0 spiro atoms. The van der Waals surface area contributed by atoms with Crippen LogP contribution in [0, 0.1) is 0 Å². The van der Waals surface area contributed by atoms with Gasteiger partial charge in [0.2, 0.25) is 11.8 Å². The fourth-order valence-corrected chi connectivity index (χ4v) is 3.88. The van der Waals surface area contributed by atoms with E-state index < -0.39 is 6.04 Å². The highest BCUT2D eigenvalue weighted by Crippen LogP contribution is 2.18. The molecule has 1 fully saturated rings. The second-order valence-corrected chi connectivity index (χ2v) is 7.36. The smallest absolute Gasteiger partial charge is 0.237 e. The number of amides is 2. The molecule has 1 saturated heterocycles. The van der Waals surface area contributed by atoms with Crippen LogP contribution in [0.5, 0.6) is 0 Å². The van der Waals surface area contributed by atoms with E-state index in [1.165, 1.54) is 4.88 Å². The zero-order valence-corrected chi connectivity index (χ0v) is 15.7. The minimum Gasteiger partial charge on any atom is -0.353 e. The summed E-state index contributed by atoms with van der Waals surface area (Å²) in [5, 5.41) is 4.93. The van der Waals surface area contributed by atoms with E-state index in [0.717, 1.165) is 12.1 Å². The standard InChI is InChI=1S/C19H24N4O2S/c1-2-22(13-15-5-7-20-8-6-15)18(24)12-17-19(25)21-9-10-23(17)14-16-4-3-11-26-16/h3-8,11,17H,2,9-10,12-14H2,1H3,(H,21,25)/t17-/m1/s1. The van der Waals surface area contributed by atoms with Crippen LogP contribution in [0.3, 0.4) is 0 Å². The van der Waals surface area contributed by atoms with Crippen LogP contribution in [0.2, 0.25) is 0 Å². The molecule has 2 amide bonds. The van der Waals surface area contributed by atoms with Gasteiger partial charge in [-0.3, -0.25) is 19.5 Å². The van der Waals surface area contributed by atoms with Crippen molar-refractivity contribution in [1.29, 1.82) is 0 Å². The van der Waals surface area contributed by atoms with E-state index in [9.17, 15) is 9.59 Å². The fourth-order valence-electron chi connectivity index (χ4n) is 3.16. The lowest BCUT2D eigenvalue weighted by molar-refractivity contribution is -0.139. The van der Waals surface area contributed by atoms with E-state index in [4.69, 9.17) is 0 Å². The zero-order valence-electron chi connectivity index (χ0n) is 14.9. The molecule has 1 N–H and O–H groups in total. The summed E-state index contributed by atoms with van der Waals surface area (Å²) in [6.07, 6.45) is 3.66. The van der Waals surface area contributed by atoms with Crippen molar-refractivity contribution in [1.82, 2.24) is 20.1 Å². The zero-order chi connectivity index (χ0) is 18.4. The third-order valence-electron chi connectivity index (χ3n) is 4.61. The Kier molecular flexibility index (Phi) is 6.35. The molecule has 0 aliphatic carbocycles. The maximum Gasteiger partial charge on any atom is 0.237 e. The van der Waals surface area contributed by atoms with E-state index in [2.05, 4.69) is 21.3 Å². The second kappa shape index (κ2) is 8.91. The van der Waals surface area contributed by atoms with Crippen molar-refractivity contribution in [2.75, 3.05) is 19.6 Å². The first-order valence-electron chi connectivity index (χ1n) is 8.88. The summed E-state index contributed by atoms with van der Waals surface area (Å²) in [7, 11) is 0. The van der Waals surface area contributed by atoms with Crippen LogP contribution in [0.25, 0.3) is 0 Å². The number of carbonyl (C=O) groups is 2. The summed E-state index contributed by atoms with van der Waals surface area (Å²) >= 11 is 1.68. The van der Waals surface area contributed by atoms with E-state index in [1.54, 1.807) is 28.6 Å². The van der Waals surface area contributed by atoms with Gasteiger partial charge in [0.1, 0.15) is 0 Å². The molecule has 3 rings (SSSR count). The average Bonchev–Trinajstić information content (AvgIpc) is 3.16. The molecule has 0 saturated carbocycles. The molecule has 2 aromatic rings. The van der Waals surface area contributed by atoms with Gasteiger partial charge in [-0.25, -0.2) is 0 Å². The van der Waals surface area contributed by atoms with Crippen molar-refractivity contribution in [3.8, 4) is 0 Å². The highest BCUT2D eigenvalue weighted by Gasteiger charge is 2.32. The summed E-state index contributed by atoms with van der Waals surface area (Å²) in [5.74, 6) is -0.0522. The number of nitrogens with zero attached hydrogens (tertiary/aromatic N) is 3. The lowest BCUT2D eigenvalue weighted by Gasteiger charge is -2.35. The molecule has 1 aliphatic heterocycles. The number of aromatic nitrogens is 1. The van der Waals surface area contributed by atoms with Gasteiger partial charge in [0.25, 0.3) is 0 Å². The van der Waals surface area contributed by atoms with Crippen LogP contribution in [-0.4, -0.2) is 52.3 Å². The average molecular weight is 372 g/mol. The Hall–Kier alpha value is -2.25. The number of piperazine rings is 1. The quantitative estimate of drug-likeness (QED) is 0.806. The van der Waals surface area contributed by atoms with Crippen molar-refractivity contribution in [2.45, 2.75) is 32.5 Å². The van der Waals surface area contributed by atoms with Crippen LogP contribution in [-0.2, 0) is 22.7 Å². The Labute approximate surface area is 157 Å². The van der Waals surface area contributed by atoms with Gasteiger partial charge in [-0.05, 0) is 36.1 Å². The summed E-state index contributed by atoms with van der Waals surface area (Å²) in [6.45, 7) is 5.21. The lowest BCUT2D eigenvalue weighted by atomic mass is 10.1. The molecule has 6 nitrogen and oxygen atoms in total. The Balaban J connectivity index is 1.66. The molecule has 0 unspecified atom stereocenters. The van der Waals surface area contributed by atoms with Crippen molar-refractivity contribution in [3.63, 3.8) is 0 Å². The van der Waals surface area contributed by atoms with Gasteiger partial charge in [-0.15, -0.1) is 11.3 Å². The third-order valence-corrected chi connectivity index (χ3v) is 5.47. The molecule has 0 bridgehead atoms. The number of pyridine rings is 1. The summed E-state index contributed by atoms with van der Waals surface area (Å²) < 4.78 is 0. The second-order valence-electron chi connectivity index (χ2n) is 6.32. The van der Waals surface area contributed by atoms with E-state index in [-0.39, 0.29) is 18.2 Å². The Morgan fingerprint density at radius 2 is 2.19 bits per heavy atom. The Morgan fingerprint density at radius 1 is 1.38 bits per heavy atom. The molecule has 3 heterocycles. The van der Waals surface area contributed by atoms with Crippen LogP contribution in [0.4, 0.5) is 0 Å². The molecule has 138 valence electrons. The normalized spacial score (nSPS) is 17.7. The Morgan fingerprint density at radius 3 is 2.88 bits per heavy atom. The van der Waals surface area contributed by atoms with Crippen molar-refractivity contribution >= 4 is 23.2 Å². The summed E-state index contributed by atoms with van der Waals surface area (Å²) in [5.41, 5.74) is 1.04. The molecular weight excluding hydrogens is 348 g/mol. The predicted octanol–water partition coefficient (Wildman–Crippen LogP) is 1.88. The lowest BCUT2D eigenvalue weighted by Crippen LogP contribution is -2.56. The third kappa shape index (κ3) is 4.68. The van der Waals surface area contributed by atoms with Gasteiger partial charge in [0.15, 0.2) is 0 Å². The minimum atomic E-state index is -0.412. The SMILES string of the molecule is CCN(Cc1ccncc1)C(=O)C[C@@H]1C(=O)NCCN1Cc1cccs1. The number of rotatable bonds is 7. The van der Waals surface area contributed by atoms with E-state index in [1.807, 2.05) is 30.5 Å². The predicted molar refractivity (Wildman–Crippen MR) is 101 cm³/mol. The van der Waals surface area contributed by atoms with E-state index >= 15 is 0 Å². The van der Waals surface area contributed by atoms with Crippen molar-refractivity contribution in [3.05, 3.63) is 52.5 Å². The highest BCUT2D eigenvalue weighted by atomic mass is 32.1. The number of nitrogens with one attached hydrogen (secondary N) is 1. The van der Waals surface area contributed by atoms with E-state index in [0.29, 0.717) is 26.2 Å². The molecule has 1 aliphatic rings. The first kappa shape index (κ1) is 18.5. The number of thiophene rings is 1. The van der Waals surface area contributed by atoms with Gasteiger partial charge < -0.3 is 10.2 Å². The van der Waals surface area contributed by atoms with Crippen LogP contribution in [0.15, 0.2) is 42.0 Å². The first-order chi connectivity index (χ1) is 12.7. The van der Waals surface area contributed by atoms with Crippen LogP contribution < -0.4 is 5.32 Å². The fraction of sp³-hybridized carbons (Fsp3) is 0.421. The summed E-state index contributed by atoms with van der Waals surface area (Å²) in [4.78, 5) is 34.4. The maximum absolute atomic E-state index is 12.8. The van der Waals surface area contributed by atoms with Crippen molar-refractivity contribution in [2.24, 2.45) is 0 Å². The molecule has 26 heavy (non-hydrogen) atoms. The van der Waals surface area contributed by atoms with Gasteiger partial charge in [-0.1, -0.05) is 6.07 Å². The molecule has 2 aromatic heterocycles. The van der Waals surface area contributed by atoms with Crippen LogP contribution >= 0.6 is 11.3 Å². The first-order valence-corrected chi connectivity index (χ1v) is 9.76. The topological polar surface area (TPSA) is 65.5 Å². The van der Waals surface area contributed by atoms with Crippen LogP contribution in [0.1, 0.15) is 23.8 Å². The minimum absolute atomic E-state index is 0.00235. The van der Waals surface area contributed by atoms with Crippen molar-refractivity contribution < 1.29 is 9.59 Å². The molecule has 0 aromatic carbocycles. The molecule has 1 atom stereocenters. The highest BCUT2D eigenvalue weighted by molar-refractivity contribution is 7.09. The number of hydrogen-bond acceptors (Lipinski definition) is 5.